The average molecular weight is 247 g/mol. The summed E-state index contributed by atoms with van der Waals surface area (Å²) in [7, 11) is 0. The first kappa shape index (κ1) is 12.7. The van der Waals surface area contributed by atoms with E-state index >= 15 is 0 Å². The molecule has 0 atom stereocenters. The maximum absolute atomic E-state index is 8.71. The molecule has 3 N–H and O–H groups in total. The van der Waals surface area contributed by atoms with Crippen LogP contribution in [0, 0.1) is 11.8 Å². The lowest BCUT2D eigenvalue weighted by Gasteiger charge is -2.11. The van der Waals surface area contributed by atoms with Crippen molar-refractivity contribution in [3.05, 3.63) is 23.3 Å². The smallest absolute Gasteiger partial charge is 0.190 e. The van der Waals surface area contributed by atoms with E-state index in [1.165, 1.54) is 0 Å². The van der Waals surface area contributed by atoms with Gasteiger partial charge in [-0.25, -0.2) is 0 Å². The molecule has 1 aliphatic heterocycles. The third-order valence-electron chi connectivity index (χ3n) is 2.82. The average Bonchev–Trinajstić information content (AvgIpc) is 2.63. The molecule has 96 valence electrons. The number of aliphatic hydroxyl groups is 1. The van der Waals surface area contributed by atoms with E-state index in [4.69, 9.17) is 20.6 Å². The van der Waals surface area contributed by atoms with Gasteiger partial charge in [-0.05, 0) is 30.9 Å². The van der Waals surface area contributed by atoms with E-state index in [9.17, 15) is 0 Å². The van der Waals surface area contributed by atoms with Gasteiger partial charge in [0.25, 0.3) is 0 Å². The summed E-state index contributed by atoms with van der Waals surface area (Å²) in [6.07, 6.45) is 3.53. The Kier molecular flexibility index (Phi) is 4.46. The Morgan fingerprint density at radius 2 is 2.28 bits per heavy atom. The molecule has 0 unspecified atom stereocenters. The zero-order valence-electron chi connectivity index (χ0n) is 10.2. The van der Waals surface area contributed by atoms with Crippen molar-refractivity contribution in [2.75, 3.05) is 13.2 Å². The van der Waals surface area contributed by atoms with Crippen LogP contribution in [0.4, 0.5) is 0 Å². The summed E-state index contributed by atoms with van der Waals surface area (Å²) >= 11 is 0. The summed E-state index contributed by atoms with van der Waals surface area (Å²) in [6.45, 7) is 0.764. The molecular formula is C14H17NO3. The molecule has 0 spiro atoms. The summed E-state index contributed by atoms with van der Waals surface area (Å²) in [5.41, 5.74) is 1.93. The molecule has 0 fully saturated rings. The number of hydrogen-bond donors (Lipinski definition) is 2. The monoisotopic (exact) mass is 247 g/mol. The van der Waals surface area contributed by atoms with Crippen LogP contribution in [0.1, 0.15) is 30.4 Å². The van der Waals surface area contributed by atoms with Crippen molar-refractivity contribution in [1.29, 1.82) is 0 Å². The Labute approximate surface area is 107 Å². The number of benzene rings is 1. The fourth-order valence-electron chi connectivity index (χ4n) is 1.98. The largest absolute Gasteiger partial charge is 0.489 e. The molecule has 0 radical (unpaired) electrons. The van der Waals surface area contributed by atoms with Crippen LogP contribution in [0.25, 0.3) is 0 Å². The fourth-order valence-corrected chi connectivity index (χ4v) is 1.98. The van der Waals surface area contributed by atoms with E-state index < -0.39 is 0 Å². The second-order valence-electron chi connectivity index (χ2n) is 4.16. The molecular weight excluding hydrogens is 230 g/mol. The molecule has 0 bridgehead atoms. The van der Waals surface area contributed by atoms with Crippen molar-refractivity contribution in [2.45, 2.75) is 25.7 Å². The molecule has 0 saturated heterocycles. The molecule has 0 aromatic heterocycles. The van der Waals surface area contributed by atoms with Crippen molar-refractivity contribution in [3.63, 3.8) is 0 Å². The quantitative estimate of drug-likeness (QED) is 0.612. The van der Waals surface area contributed by atoms with Crippen LogP contribution in [0.2, 0.25) is 0 Å². The van der Waals surface area contributed by atoms with Gasteiger partial charge in [0.15, 0.2) is 11.5 Å². The summed E-state index contributed by atoms with van der Waals surface area (Å²) in [5, 5.41) is 8.71. The second-order valence-corrected chi connectivity index (χ2v) is 4.16. The van der Waals surface area contributed by atoms with Gasteiger partial charge in [0.05, 0.1) is 13.2 Å². The Bertz CT molecular complexity index is 474. The minimum absolute atomic E-state index is 0.0707. The van der Waals surface area contributed by atoms with E-state index in [1.807, 2.05) is 6.07 Å². The molecule has 18 heavy (non-hydrogen) atoms. The first-order valence-corrected chi connectivity index (χ1v) is 6.11. The summed E-state index contributed by atoms with van der Waals surface area (Å²) in [6, 6.07) is 3.78. The van der Waals surface area contributed by atoms with Crippen LogP contribution in [0.3, 0.4) is 0 Å². The van der Waals surface area contributed by atoms with Crippen LogP contribution in [-0.2, 0) is 6.42 Å². The number of nitrogens with two attached hydrogens (primary N) is 1. The van der Waals surface area contributed by atoms with Crippen molar-refractivity contribution < 1.29 is 14.7 Å². The van der Waals surface area contributed by atoms with Crippen LogP contribution >= 0.6 is 0 Å². The number of aliphatic hydroxyl groups excluding tert-OH is 1. The summed E-state index contributed by atoms with van der Waals surface area (Å²) in [5.74, 6) is 12.4. The minimum Gasteiger partial charge on any atom is -0.489 e. The topological polar surface area (TPSA) is 64.7 Å². The minimum atomic E-state index is 0.0707. The SMILES string of the molecule is NOc1cc(C#CCCO)cc2c1OCCCC2. The maximum Gasteiger partial charge on any atom is 0.190 e. The second kappa shape index (κ2) is 6.29. The van der Waals surface area contributed by atoms with Crippen molar-refractivity contribution in [1.82, 2.24) is 0 Å². The van der Waals surface area contributed by atoms with Gasteiger partial charge in [0.1, 0.15) is 0 Å². The zero-order valence-corrected chi connectivity index (χ0v) is 10.2. The number of hydrogen-bond acceptors (Lipinski definition) is 4. The molecule has 0 saturated carbocycles. The lowest BCUT2D eigenvalue weighted by Crippen LogP contribution is -2.06. The summed E-state index contributed by atoms with van der Waals surface area (Å²) in [4.78, 5) is 4.87. The predicted molar refractivity (Wildman–Crippen MR) is 68.3 cm³/mol. The molecule has 4 nitrogen and oxygen atoms in total. The van der Waals surface area contributed by atoms with Crippen molar-refractivity contribution >= 4 is 0 Å². The van der Waals surface area contributed by atoms with Crippen LogP contribution < -0.4 is 15.5 Å². The molecule has 1 aliphatic rings. The van der Waals surface area contributed by atoms with Gasteiger partial charge < -0.3 is 14.7 Å². The highest BCUT2D eigenvalue weighted by molar-refractivity contribution is 5.54. The molecule has 0 aliphatic carbocycles. The lowest BCUT2D eigenvalue weighted by molar-refractivity contribution is 0.274. The van der Waals surface area contributed by atoms with Gasteiger partial charge in [-0.2, -0.15) is 5.90 Å². The lowest BCUT2D eigenvalue weighted by atomic mass is 10.0. The normalized spacial score (nSPS) is 13.7. The van der Waals surface area contributed by atoms with Gasteiger partial charge in [-0.1, -0.05) is 11.8 Å². The van der Waals surface area contributed by atoms with E-state index in [-0.39, 0.29) is 6.61 Å². The highest BCUT2D eigenvalue weighted by Gasteiger charge is 2.15. The predicted octanol–water partition coefficient (Wildman–Crippen LogP) is 1.39. The molecule has 1 heterocycles. The molecule has 0 amide bonds. The van der Waals surface area contributed by atoms with Gasteiger partial charge in [-0.3, -0.25) is 0 Å². The summed E-state index contributed by atoms with van der Waals surface area (Å²) < 4.78 is 5.66. The number of fused-ring (bicyclic) bond motifs is 1. The Morgan fingerprint density at radius 1 is 1.39 bits per heavy atom. The van der Waals surface area contributed by atoms with Crippen molar-refractivity contribution in [3.8, 4) is 23.3 Å². The van der Waals surface area contributed by atoms with Gasteiger partial charge >= 0.3 is 0 Å². The first-order chi connectivity index (χ1) is 8.85. The third-order valence-corrected chi connectivity index (χ3v) is 2.82. The van der Waals surface area contributed by atoms with Crippen LogP contribution in [0.15, 0.2) is 12.1 Å². The highest BCUT2D eigenvalue weighted by atomic mass is 16.6. The van der Waals surface area contributed by atoms with Crippen LogP contribution in [0.5, 0.6) is 11.5 Å². The van der Waals surface area contributed by atoms with Gasteiger partial charge in [0.2, 0.25) is 0 Å². The Balaban J connectivity index is 2.34. The van der Waals surface area contributed by atoms with E-state index in [2.05, 4.69) is 11.8 Å². The van der Waals surface area contributed by atoms with Gasteiger partial charge in [0, 0.05) is 18.1 Å². The maximum atomic E-state index is 8.71. The van der Waals surface area contributed by atoms with E-state index in [0.29, 0.717) is 18.8 Å². The number of aryl methyl sites for hydroxylation is 1. The van der Waals surface area contributed by atoms with Gasteiger partial charge in [-0.15, -0.1) is 0 Å². The highest BCUT2D eigenvalue weighted by Crippen LogP contribution is 2.35. The standard InChI is InChI=1S/C14H17NO3/c15-18-13-10-11(5-1-3-7-16)9-12-6-2-4-8-17-14(12)13/h9-10,16H,2-4,6-8,15H2. The fraction of sp³-hybridized carbons (Fsp3) is 0.429. The Morgan fingerprint density at radius 3 is 3.06 bits per heavy atom. The van der Waals surface area contributed by atoms with Crippen LogP contribution in [-0.4, -0.2) is 18.3 Å². The number of rotatable bonds is 2. The third kappa shape index (κ3) is 2.95. The molecule has 1 aromatic rings. The van der Waals surface area contributed by atoms with E-state index in [1.54, 1.807) is 6.07 Å². The van der Waals surface area contributed by atoms with E-state index in [0.717, 1.165) is 36.1 Å². The first-order valence-electron chi connectivity index (χ1n) is 6.11. The zero-order chi connectivity index (χ0) is 12.8. The Hall–Kier alpha value is -1.70. The molecule has 1 aromatic carbocycles. The number of ether oxygens (including phenoxy) is 1. The van der Waals surface area contributed by atoms with Crippen molar-refractivity contribution in [2.24, 2.45) is 5.90 Å². The molecule has 4 heteroatoms. The molecule has 2 rings (SSSR count).